The second-order valence-electron chi connectivity index (χ2n) is 6.50. The molecule has 2 nitrogen and oxygen atoms in total. The van der Waals surface area contributed by atoms with Gasteiger partial charge < -0.3 is 0 Å². The second kappa shape index (κ2) is 7.48. The Labute approximate surface area is 162 Å². The van der Waals surface area contributed by atoms with Crippen LogP contribution in [-0.2, 0) is 5.41 Å². The zero-order valence-electron chi connectivity index (χ0n) is 14.7. The Balaban J connectivity index is 1.93. The molecule has 3 aromatic rings. The first kappa shape index (κ1) is 17.8. The van der Waals surface area contributed by atoms with E-state index in [9.17, 15) is 0 Å². The van der Waals surface area contributed by atoms with E-state index < -0.39 is 0 Å². The van der Waals surface area contributed by atoms with E-state index in [2.05, 4.69) is 107 Å². The minimum Gasteiger partial charge on any atom is -0.292 e. The number of hydrogen-bond acceptors (Lipinski definition) is 2. The summed E-state index contributed by atoms with van der Waals surface area (Å²) in [5.74, 6) is 0. The van der Waals surface area contributed by atoms with Gasteiger partial charge in [-0.05, 0) is 64.1 Å². The molecule has 0 bridgehead atoms. The molecule has 0 saturated carbocycles. The molecule has 0 radical (unpaired) electrons. The molecule has 0 atom stereocenters. The van der Waals surface area contributed by atoms with E-state index in [0.717, 1.165) is 22.2 Å². The number of fused-ring (bicyclic) bond motifs is 1. The lowest BCUT2D eigenvalue weighted by atomic mass is 9.79. The van der Waals surface area contributed by atoms with Gasteiger partial charge in [0.15, 0.2) is 0 Å². The molecule has 0 N–H and O–H groups in total. The van der Waals surface area contributed by atoms with E-state index in [-0.39, 0.29) is 5.41 Å². The van der Waals surface area contributed by atoms with Gasteiger partial charge in [-0.25, -0.2) is 0 Å². The van der Waals surface area contributed by atoms with Crippen LogP contribution in [-0.4, -0.2) is 17.7 Å². The molecule has 0 aliphatic rings. The van der Waals surface area contributed by atoms with Crippen LogP contribution in [0.5, 0.6) is 0 Å². The van der Waals surface area contributed by atoms with Crippen molar-refractivity contribution in [3.8, 4) is 0 Å². The fourth-order valence-corrected chi connectivity index (χ4v) is 4.10. The molecule has 1 heterocycles. The third-order valence-corrected chi connectivity index (χ3v) is 5.43. The van der Waals surface area contributed by atoms with Gasteiger partial charge in [0.2, 0.25) is 0 Å². The Morgan fingerprint density at radius 3 is 2.64 bits per heavy atom. The minimum absolute atomic E-state index is 0.151. The number of aromatic nitrogens is 1. The van der Waals surface area contributed by atoms with Crippen molar-refractivity contribution in [2.24, 2.45) is 4.99 Å². The van der Waals surface area contributed by atoms with Crippen molar-refractivity contribution >= 4 is 45.3 Å². The SMILES string of the molecule is CN=C(/C=C/c1ccc2ncccc2c1)C(C)(C)c1ccccc1I. The normalized spacial score (nSPS) is 12.9. The van der Waals surface area contributed by atoms with Gasteiger partial charge in [0.1, 0.15) is 0 Å². The van der Waals surface area contributed by atoms with Gasteiger partial charge in [-0.15, -0.1) is 0 Å². The number of halogens is 1. The Hall–Kier alpha value is -2.01. The molecular weight excluding hydrogens is 419 g/mol. The van der Waals surface area contributed by atoms with Crippen molar-refractivity contribution in [3.05, 3.63) is 81.6 Å². The van der Waals surface area contributed by atoms with Gasteiger partial charge in [-0.3, -0.25) is 9.98 Å². The van der Waals surface area contributed by atoms with Gasteiger partial charge in [-0.2, -0.15) is 0 Å². The molecule has 0 aliphatic heterocycles. The molecule has 0 aliphatic carbocycles. The molecule has 3 rings (SSSR count). The highest BCUT2D eigenvalue weighted by Crippen LogP contribution is 2.30. The highest BCUT2D eigenvalue weighted by atomic mass is 127. The summed E-state index contributed by atoms with van der Waals surface area (Å²) in [4.78, 5) is 8.94. The Kier molecular flexibility index (Phi) is 5.33. The number of aliphatic imine (C=N–C) groups is 1. The molecule has 126 valence electrons. The van der Waals surface area contributed by atoms with Crippen molar-refractivity contribution in [1.82, 2.24) is 4.98 Å². The number of pyridine rings is 1. The monoisotopic (exact) mass is 440 g/mol. The summed E-state index contributed by atoms with van der Waals surface area (Å²) in [6, 6.07) is 18.9. The average Bonchev–Trinajstić information content (AvgIpc) is 2.62. The van der Waals surface area contributed by atoms with E-state index >= 15 is 0 Å². The lowest BCUT2D eigenvalue weighted by Gasteiger charge is -2.27. The van der Waals surface area contributed by atoms with E-state index in [1.54, 1.807) is 0 Å². The van der Waals surface area contributed by atoms with Crippen LogP contribution < -0.4 is 0 Å². The van der Waals surface area contributed by atoms with Crippen molar-refractivity contribution in [1.29, 1.82) is 0 Å². The Morgan fingerprint density at radius 2 is 1.88 bits per heavy atom. The molecule has 2 aromatic carbocycles. The summed E-state index contributed by atoms with van der Waals surface area (Å²) < 4.78 is 1.26. The summed E-state index contributed by atoms with van der Waals surface area (Å²) in [6.45, 7) is 4.45. The zero-order valence-corrected chi connectivity index (χ0v) is 16.9. The van der Waals surface area contributed by atoms with Crippen LogP contribution >= 0.6 is 22.6 Å². The maximum atomic E-state index is 4.57. The fraction of sp³-hybridized carbons (Fsp3) is 0.182. The van der Waals surface area contributed by atoms with Crippen LogP contribution in [0.3, 0.4) is 0 Å². The van der Waals surface area contributed by atoms with E-state index in [4.69, 9.17) is 0 Å². The van der Waals surface area contributed by atoms with Gasteiger partial charge in [0.05, 0.1) is 5.52 Å². The summed E-state index contributed by atoms with van der Waals surface area (Å²) in [7, 11) is 1.86. The third-order valence-electron chi connectivity index (χ3n) is 4.49. The Morgan fingerprint density at radius 1 is 1.08 bits per heavy atom. The summed E-state index contributed by atoms with van der Waals surface area (Å²) in [6.07, 6.45) is 6.08. The first-order chi connectivity index (χ1) is 12.0. The molecule has 0 spiro atoms. The van der Waals surface area contributed by atoms with Crippen molar-refractivity contribution in [2.75, 3.05) is 7.05 Å². The highest BCUT2D eigenvalue weighted by Gasteiger charge is 2.27. The Bertz CT molecular complexity index is 955. The molecule has 3 heteroatoms. The predicted molar refractivity (Wildman–Crippen MR) is 116 cm³/mol. The van der Waals surface area contributed by atoms with Crippen LogP contribution in [0.25, 0.3) is 17.0 Å². The topological polar surface area (TPSA) is 25.2 Å². The molecular formula is C22H21IN2. The van der Waals surface area contributed by atoms with Crippen LogP contribution in [0.15, 0.2) is 71.9 Å². The number of rotatable bonds is 4. The molecule has 25 heavy (non-hydrogen) atoms. The molecule has 0 unspecified atom stereocenters. The average molecular weight is 440 g/mol. The first-order valence-corrected chi connectivity index (χ1v) is 9.35. The molecule has 0 amide bonds. The largest absolute Gasteiger partial charge is 0.292 e. The lowest BCUT2D eigenvalue weighted by molar-refractivity contribution is 0.715. The quantitative estimate of drug-likeness (QED) is 0.366. The molecule has 0 fully saturated rings. The van der Waals surface area contributed by atoms with E-state index in [1.807, 2.05) is 19.3 Å². The van der Waals surface area contributed by atoms with Crippen LogP contribution in [0, 0.1) is 3.57 Å². The van der Waals surface area contributed by atoms with E-state index in [0.29, 0.717) is 0 Å². The standard InChI is InChI=1S/C22H21IN2/c1-22(2,18-8-4-5-9-19(18)23)21(24-3)13-11-16-10-12-20-17(15-16)7-6-14-25-20/h4-15H,1-3H3/b13-11+,24-21?. The molecule has 1 aromatic heterocycles. The number of benzene rings is 2. The van der Waals surface area contributed by atoms with Gasteiger partial charge >= 0.3 is 0 Å². The smallest absolute Gasteiger partial charge is 0.0702 e. The van der Waals surface area contributed by atoms with Crippen LogP contribution in [0.2, 0.25) is 0 Å². The van der Waals surface area contributed by atoms with E-state index in [1.165, 1.54) is 9.13 Å². The highest BCUT2D eigenvalue weighted by molar-refractivity contribution is 14.1. The summed E-state index contributed by atoms with van der Waals surface area (Å²) in [5.41, 5.74) is 4.37. The van der Waals surface area contributed by atoms with Crippen LogP contribution in [0.4, 0.5) is 0 Å². The lowest BCUT2D eigenvalue weighted by Crippen LogP contribution is -2.28. The summed E-state index contributed by atoms with van der Waals surface area (Å²) >= 11 is 2.40. The predicted octanol–water partition coefficient (Wildman–Crippen LogP) is 5.90. The molecule has 0 saturated heterocycles. The van der Waals surface area contributed by atoms with Gasteiger partial charge in [0, 0.05) is 33.3 Å². The maximum Gasteiger partial charge on any atom is 0.0702 e. The number of hydrogen-bond donors (Lipinski definition) is 0. The summed E-state index contributed by atoms with van der Waals surface area (Å²) in [5, 5.41) is 1.15. The fourth-order valence-electron chi connectivity index (χ4n) is 3.04. The minimum atomic E-state index is -0.151. The number of allylic oxidation sites excluding steroid dienone is 1. The zero-order chi connectivity index (χ0) is 17.9. The van der Waals surface area contributed by atoms with Crippen LogP contribution in [0.1, 0.15) is 25.0 Å². The van der Waals surface area contributed by atoms with Crippen molar-refractivity contribution in [3.63, 3.8) is 0 Å². The maximum absolute atomic E-state index is 4.57. The third kappa shape index (κ3) is 3.82. The number of nitrogens with zero attached hydrogens (tertiary/aromatic N) is 2. The van der Waals surface area contributed by atoms with Crippen molar-refractivity contribution < 1.29 is 0 Å². The van der Waals surface area contributed by atoms with Gasteiger partial charge in [-0.1, -0.05) is 50.3 Å². The first-order valence-electron chi connectivity index (χ1n) is 8.27. The van der Waals surface area contributed by atoms with Crippen molar-refractivity contribution in [2.45, 2.75) is 19.3 Å². The second-order valence-corrected chi connectivity index (χ2v) is 7.66. The van der Waals surface area contributed by atoms with Gasteiger partial charge in [0.25, 0.3) is 0 Å².